The van der Waals surface area contributed by atoms with Gasteiger partial charge in [-0.1, -0.05) is 71.1 Å². The molecule has 184 valence electrons. The van der Waals surface area contributed by atoms with E-state index >= 15 is 0 Å². The monoisotopic (exact) mass is 572 g/mol. The number of hydrogen-bond acceptors (Lipinski definition) is 5. The van der Waals surface area contributed by atoms with Crippen LogP contribution in [0.2, 0.25) is 16.6 Å². The van der Waals surface area contributed by atoms with Crippen molar-refractivity contribution >= 4 is 36.9 Å². The van der Waals surface area contributed by atoms with Crippen molar-refractivity contribution in [1.29, 1.82) is 0 Å². The highest BCUT2D eigenvalue weighted by molar-refractivity contribution is 14.1. The Hall–Kier alpha value is -0.00312. The molecule has 31 heavy (non-hydrogen) atoms. The SMILES string of the molecule is CO[C@@H](C[C@H](CC[C@@H](C)[C@H](O)[C@@H](O)C(=O)O)O[Si](C(C)C)(C(C)C)C(C)C)/C(C)=C/I. The lowest BCUT2D eigenvalue weighted by Crippen LogP contribution is -2.51. The second-order valence-electron chi connectivity index (χ2n) is 9.70. The summed E-state index contributed by atoms with van der Waals surface area (Å²) in [5.74, 6) is -1.77. The van der Waals surface area contributed by atoms with E-state index in [1.807, 2.05) is 11.0 Å². The van der Waals surface area contributed by atoms with Crippen molar-refractivity contribution in [1.82, 2.24) is 0 Å². The second kappa shape index (κ2) is 14.3. The van der Waals surface area contributed by atoms with Crippen molar-refractivity contribution in [3.8, 4) is 0 Å². The first kappa shape index (κ1) is 31.0. The molecule has 0 aliphatic rings. The molecule has 0 radical (unpaired) electrons. The molecule has 0 rings (SSSR count). The summed E-state index contributed by atoms with van der Waals surface area (Å²) in [6.45, 7) is 17.3. The molecule has 0 saturated heterocycles. The van der Waals surface area contributed by atoms with Gasteiger partial charge in [-0.05, 0) is 52.0 Å². The molecule has 0 bridgehead atoms. The van der Waals surface area contributed by atoms with Gasteiger partial charge in [-0.25, -0.2) is 4.79 Å². The van der Waals surface area contributed by atoms with Crippen molar-refractivity contribution in [2.45, 2.75) is 116 Å². The van der Waals surface area contributed by atoms with Gasteiger partial charge in [0.05, 0.1) is 12.2 Å². The minimum absolute atomic E-state index is 0.0649. The van der Waals surface area contributed by atoms with Gasteiger partial charge in [-0.3, -0.25) is 0 Å². The summed E-state index contributed by atoms with van der Waals surface area (Å²) < 4.78 is 14.8. The van der Waals surface area contributed by atoms with E-state index in [-0.39, 0.29) is 18.1 Å². The number of carboxylic acids is 1. The molecule has 5 atom stereocenters. The molecule has 0 spiro atoms. The minimum atomic E-state index is -2.14. The number of halogens is 1. The lowest BCUT2D eigenvalue weighted by molar-refractivity contribution is -0.155. The van der Waals surface area contributed by atoms with Crippen LogP contribution in [0.15, 0.2) is 9.66 Å². The largest absolute Gasteiger partial charge is 0.479 e. The Labute approximate surface area is 204 Å². The first-order chi connectivity index (χ1) is 14.3. The van der Waals surface area contributed by atoms with Crippen LogP contribution in [0, 0.1) is 5.92 Å². The predicted molar refractivity (Wildman–Crippen MR) is 137 cm³/mol. The smallest absolute Gasteiger partial charge is 0.335 e. The van der Waals surface area contributed by atoms with Crippen LogP contribution in [0.1, 0.15) is 74.7 Å². The molecule has 0 fully saturated rings. The maximum Gasteiger partial charge on any atom is 0.335 e. The highest BCUT2D eigenvalue weighted by Crippen LogP contribution is 2.44. The molecule has 8 heteroatoms. The van der Waals surface area contributed by atoms with E-state index in [1.165, 1.54) is 0 Å². The standard InChI is InChI=1S/C23H45IO6Si/c1-14(2)31(15(3)4,16(5)6)30-19(12-20(29-9)18(8)13-24)11-10-17(7)21(25)22(26)23(27)28/h13-17,19-22,25-26H,10-12H2,1-9H3,(H,27,28)/b18-13+/t17-,19+,20+,21+,22-/m1/s1. The van der Waals surface area contributed by atoms with Gasteiger partial charge in [0.1, 0.15) is 0 Å². The predicted octanol–water partition coefficient (Wildman–Crippen LogP) is 5.51. The molecular formula is C23H45IO6Si. The molecule has 0 aliphatic heterocycles. The van der Waals surface area contributed by atoms with Crippen LogP contribution < -0.4 is 0 Å². The third-order valence-electron chi connectivity index (χ3n) is 6.62. The zero-order valence-electron chi connectivity index (χ0n) is 20.8. The quantitative estimate of drug-likeness (QED) is 0.177. The summed E-state index contributed by atoms with van der Waals surface area (Å²) in [6, 6.07) is 0. The van der Waals surface area contributed by atoms with Gasteiger partial charge in [-0.15, -0.1) is 0 Å². The summed E-state index contributed by atoms with van der Waals surface area (Å²) in [6.07, 6.45) is -1.31. The zero-order valence-corrected chi connectivity index (χ0v) is 23.9. The highest BCUT2D eigenvalue weighted by atomic mass is 127. The van der Waals surface area contributed by atoms with Crippen molar-refractivity contribution < 1.29 is 29.3 Å². The van der Waals surface area contributed by atoms with E-state index < -0.39 is 26.5 Å². The van der Waals surface area contributed by atoms with Gasteiger partial charge in [-0.2, -0.15) is 0 Å². The summed E-state index contributed by atoms with van der Waals surface area (Å²) in [4.78, 5) is 11.0. The summed E-state index contributed by atoms with van der Waals surface area (Å²) in [7, 11) is -0.430. The van der Waals surface area contributed by atoms with Gasteiger partial charge < -0.3 is 24.5 Å². The second-order valence-corrected chi connectivity index (χ2v) is 15.7. The third-order valence-corrected chi connectivity index (χ3v) is 13.8. The van der Waals surface area contributed by atoms with Gasteiger partial charge >= 0.3 is 5.97 Å². The number of carbonyl (C=O) groups is 1. The number of rotatable bonds is 15. The fourth-order valence-electron chi connectivity index (χ4n) is 4.78. The first-order valence-corrected chi connectivity index (χ1v) is 14.7. The fourth-order valence-corrected chi connectivity index (χ4v) is 10.8. The molecule has 0 aromatic heterocycles. The molecule has 0 aromatic rings. The van der Waals surface area contributed by atoms with Gasteiger partial charge in [0.25, 0.3) is 0 Å². The maximum absolute atomic E-state index is 11.0. The van der Waals surface area contributed by atoms with Crippen LogP contribution in [-0.2, 0) is 14.0 Å². The van der Waals surface area contributed by atoms with Gasteiger partial charge in [0, 0.05) is 19.6 Å². The van der Waals surface area contributed by atoms with Crippen LogP contribution >= 0.6 is 22.6 Å². The van der Waals surface area contributed by atoms with E-state index in [2.05, 4.69) is 64.1 Å². The molecule has 3 N–H and O–H groups in total. The number of aliphatic hydroxyl groups excluding tert-OH is 2. The third kappa shape index (κ3) is 8.70. The Morgan fingerprint density at radius 1 is 1.00 bits per heavy atom. The number of carboxylic acid groups (broad SMARTS) is 1. The van der Waals surface area contributed by atoms with Crippen molar-refractivity contribution in [3.63, 3.8) is 0 Å². The molecule has 0 unspecified atom stereocenters. The molecule has 6 nitrogen and oxygen atoms in total. The lowest BCUT2D eigenvalue weighted by atomic mass is 9.92. The average molecular weight is 573 g/mol. The number of aliphatic carboxylic acids is 1. The molecule has 0 aliphatic carbocycles. The van der Waals surface area contributed by atoms with E-state index in [0.29, 0.717) is 35.9 Å². The van der Waals surface area contributed by atoms with Crippen molar-refractivity contribution in [2.75, 3.05) is 7.11 Å². The van der Waals surface area contributed by atoms with Crippen LogP contribution in [-0.4, -0.2) is 61.1 Å². The fraction of sp³-hybridized carbons (Fsp3) is 0.870. The van der Waals surface area contributed by atoms with Crippen LogP contribution in [0.25, 0.3) is 0 Å². The van der Waals surface area contributed by atoms with E-state index in [4.69, 9.17) is 14.3 Å². The van der Waals surface area contributed by atoms with Crippen molar-refractivity contribution in [3.05, 3.63) is 9.66 Å². The zero-order chi connectivity index (χ0) is 24.5. The molecule has 0 saturated carbocycles. The molecule has 0 aromatic carbocycles. The Morgan fingerprint density at radius 2 is 1.48 bits per heavy atom. The van der Waals surface area contributed by atoms with Gasteiger partial charge in [0.15, 0.2) is 6.10 Å². The molecular weight excluding hydrogens is 527 g/mol. The summed E-state index contributed by atoms with van der Waals surface area (Å²) in [5, 5.41) is 28.9. The van der Waals surface area contributed by atoms with Crippen LogP contribution in [0.5, 0.6) is 0 Å². The van der Waals surface area contributed by atoms with E-state index in [9.17, 15) is 15.0 Å². The summed E-state index contributed by atoms with van der Waals surface area (Å²) in [5.41, 5.74) is 2.45. The number of ether oxygens (including phenoxy) is 1. The van der Waals surface area contributed by atoms with E-state index in [1.54, 1.807) is 14.0 Å². The number of aliphatic hydroxyl groups is 2. The average Bonchev–Trinajstić information content (AvgIpc) is 2.70. The molecule has 0 heterocycles. The minimum Gasteiger partial charge on any atom is -0.479 e. The maximum atomic E-state index is 11.0. The Bertz CT molecular complexity index is 544. The van der Waals surface area contributed by atoms with Crippen molar-refractivity contribution in [2.24, 2.45) is 5.92 Å². The lowest BCUT2D eigenvalue weighted by Gasteiger charge is -2.45. The normalized spacial score (nSPS) is 18.4. The summed E-state index contributed by atoms with van der Waals surface area (Å²) >= 11 is 2.22. The number of methoxy groups -OCH3 is 1. The van der Waals surface area contributed by atoms with Crippen LogP contribution in [0.3, 0.4) is 0 Å². The Balaban J connectivity index is 5.77. The highest BCUT2D eigenvalue weighted by Gasteiger charge is 2.47. The topological polar surface area (TPSA) is 96.2 Å². The van der Waals surface area contributed by atoms with E-state index in [0.717, 1.165) is 5.57 Å². The van der Waals surface area contributed by atoms with Gasteiger partial charge in [0.2, 0.25) is 8.32 Å². The van der Waals surface area contributed by atoms with Crippen LogP contribution in [0.4, 0.5) is 0 Å². The number of hydrogen-bond donors (Lipinski definition) is 3. The first-order valence-electron chi connectivity index (χ1n) is 11.3. The Morgan fingerprint density at radius 3 is 1.84 bits per heavy atom. The Kier molecular flexibility index (Phi) is 14.3. The molecule has 0 amide bonds.